The van der Waals surface area contributed by atoms with Crippen LogP contribution in [0.2, 0.25) is 10.0 Å². The molecule has 0 bridgehead atoms. The standard InChI is InChI=1S/C19H20Cl2N2O2/c1-3-13(2)15-5-7-16(8-6-15)25-12-19(24)23-22-11-14-4-9-17(20)18(21)10-14/h4-11,13H,3,12H2,1-2H3,(H,23,24)/b22-11+/t13-/m1/s1. The number of nitrogens with one attached hydrogen (secondary N) is 1. The summed E-state index contributed by atoms with van der Waals surface area (Å²) in [6.45, 7) is 4.22. The predicted octanol–water partition coefficient (Wildman–Crippen LogP) is 5.04. The van der Waals surface area contributed by atoms with Crippen molar-refractivity contribution in [1.29, 1.82) is 0 Å². The maximum absolute atomic E-state index is 11.8. The summed E-state index contributed by atoms with van der Waals surface area (Å²) in [5.74, 6) is 0.811. The third-order valence-corrected chi connectivity index (χ3v) is 4.52. The van der Waals surface area contributed by atoms with E-state index in [0.717, 1.165) is 12.0 Å². The number of carbonyl (C=O) groups is 1. The molecule has 0 saturated carbocycles. The Morgan fingerprint density at radius 2 is 1.92 bits per heavy atom. The molecule has 132 valence electrons. The molecule has 0 saturated heterocycles. The van der Waals surface area contributed by atoms with E-state index in [1.165, 1.54) is 11.8 Å². The van der Waals surface area contributed by atoms with Crippen LogP contribution in [0.25, 0.3) is 0 Å². The van der Waals surface area contributed by atoms with Gasteiger partial charge in [0.05, 0.1) is 16.3 Å². The van der Waals surface area contributed by atoms with Crippen molar-refractivity contribution in [3.63, 3.8) is 0 Å². The molecule has 6 heteroatoms. The zero-order chi connectivity index (χ0) is 18.2. The Morgan fingerprint density at radius 3 is 2.56 bits per heavy atom. The summed E-state index contributed by atoms with van der Waals surface area (Å²) < 4.78 is 5.45. The van der Waals surface area contributed by atoms with E-state index in [1.807, 2.05) is 24.3 Å². The van der Waals surface area contributed by atoms with Crippen molar-refractivity contribution in [2.75, 3.05) is 6.61 Å². The molecule has 0 radical (unpaired) electrons. The molecule has 0 fully saturated rings. The fraction of sp³-hybridized carbons (Fsp3) is 0.263. The molecule has 25 heavy (non-hydrogen) atoms. The average Bonchev–Trinajstić information content (AvgIpc) is 2.62. The Kier molecular flexibility index (Phi) is 7.29. The summed E-state index contributed by atoms with van der Waals surface area (Å²) in [7, 11) is 0. The predicted molar refractivity (Wildman–Crippen MR) is 103 cm³/mol. The number of carbonyl (C=O) groups excluding carboxylic acids is 1. The van der Waals surface area contributed by atoms with Gasteiger partial charge in [-0.15, -0.1) is 0 Å². The second-order valence-corrected chi connectivity index (χ2v) is 6.45. The van der Waals surface area contributed by atoms with Crippen LogP contribution in [0.3, 0.4) is 0 Å². The van der Waals surface area contributed by atoms with Crippen LogP contribution in [-0.2, 0) is 4.79 Å². The summed E-state index contributed by atoms with van der Waals surface area (Å²) in [6.07, 6.45) is 2.57. The molecule has 4 nitrogen and oxygen atoms in total. The first-order valence-electron chi connectivity index (χ1n) is 7.99. The maximum Gasteiger partial charge on any atom is 0.277 e. The smallest absolute Gasteiger partial charge is 0.277 e. The quantitative estimate of drug-likeness (QED) is 0.542. The number of amides is 1. The van der Waals surface area contributed by atoms with Gasteiger partial charge in [0.2, 0.25) is 0 Å². The number of rotatable bonds is 7. The summed E-state index contributed by atoms with van der Waals surface area (Å²) >= 11 is 11.7. The first kappa shape index (κ1) is 19.3. The molecule has 1 N–H and O–H groups in total. The summed E-state index contributed by atoms with van der Waals surface area (Å²) in [5.41, 5.74) is 4.39. The van der Waals surface area contributed by atoms with Gasteiger partial charge in [-0.2, -0.15) is 5.10 Å². The van der Waals surface area contributed by atoms with Crippen molar-refractivity contribution >= 4 is 35.3 Å². The normalized spacial score (nSPS) is 12.2. The molecule has 0 spiro atoms. The third-order valence-electron chi connectivity index (χ3n) is 3.78. The van der Waals surface area contributed by atoms with Gasteiger partial charge in [-0.1, -0.05) is 55.2 Å². The largest absolute Gasteiger partial charge is 0.484 e. The van der Waals surface area contributed by atoms with Crippen molar-refractivity contribution in [2.45, 2.75) is 26.2 Å². The minimum Gasteiger partial charge on any atom is -0.484 e. The number of ether oxygens (including phenoxy) is 1. The summed E-state index contributed by atoms with van der Waals surface area (Å²) in [4.78, 5) is 11.8. The molecule has 0 aliphatic heterocycles. The highest BCUT2D eigenvalue weighted by Crippen LogP contribution is 2.22. The van der Waals surface area contributed by atoms with Gasteiger partial charge in [0.1, 0.15) is 5.75 Å². The number of hydrogen-bond donors (Lipinski definition) is 1. The minimum absolute atomic E-state index is 0.110. The molecular weight excluding hydrogens is 359 g/mol. The monoisotopic (exact) mass is 378 g/mol. The lowest BCUT2D eigenvalue weighted by Gasteiger charge is -2.10. The van der Waals surface area contributed by atoms with Crippen molar-refractivity contribution in [3.8, 4) is 5.75 Å². The van der Waals surface area contributed by atoms with Gasteiger partial charge in [-0.25, -0.2) is 5.43 Å². The fourth-order valence-electron chi connectivity index (χ4n) is 2.08. The Bertz CT molecular complexity index is 746. The number of hydrogen-bond acceptors (Lipinski definition) is 3. The molecule has 0 aromatic heterocycles. The Balaban J connectivity index is 1.80. The molecule has 0 aliphatic rings. The minimum atomic E-state index is -0.345. The topological polar surface area (TPSA) is 50.7 Å². The molecule has 2 rings (SSSR count). The van der Waals surface area contributed by atoms with E-state index in [9.17, 15) is 4.79 Å². The fourth-order valence-corrected chi connectivity index (χ4v) is 2.39. The molecule has 0 heterocycles. The van der Waals surface area contributed by atoms with Crippen molar-refractivity contribution in [2.24, 2.45) is 5.10 Å². The van der Waals surface area contributed by atoms with E-state index in [4.69, 9.17) is 27.9 Å². The first-order chi connectivity index (χ1) is 12.0. The number of hydrazone groups is 1. The van der Waals surface area contributed by atoms with Crippen LogP contribution >= 0.6 is 23.2 Å². The Labute approximate surface area is 157 Å². The van der Waals surface area contributed by atoms with Crippen molar-refractivity contribution < 1.29 is 9.53 Å². The van der Waals surface area contributed by atoms with Crippen LogP contribution < -0.4 is 10.2 Å². The molecular formula is C19H20Cl2N2O2. The molecule has 0 unspecified atom stereocenters. The molecule has 2 aromatic carbocycles. The number of nitrogens with zero attached hydrogens (tertiary/aromatic N) is 1. The van der Waals surface area contributed by atoms with Gasteiger partial charge >= 0.3 is 0 Å². The number of halogens is 2. The van der Waals surface area contributed by atoms with E-state index in [2.05, 4.69) is 24.4 Å². The van der Waals surface area contributed by atoms with Crippen molar-refractivity contribution in [1.82, 2.24) is 5.43 Å². The second-order valence-electron chi connectivity index (χ2n) is 5.63. The lowest BCUT2D eigenvalue weighted by molar-refractivity contribution is -0.123. The highest BCUT2D eigenvalue weighted by molar-refractivity contribution is 6.42. The van der Waals surface area contributed by atoms with Gasteiger partial charge in [0, 0.05) is 0 Å². The third kappa shape index (κ3) is 6.07. The van der Waals surface area contributed by atoms with E-state index in [0.29, 0.717) is 21.7 Å². The Morgan fingerprint density at radius 1 is 1.20 bits per heavy atom. The maximum atomic E-state index is 11.8. The van der Waals surface area contributed by atoms with Crippen LogP contribution in [0.5, 0.6) is 5.75 Å². The summed E-state index contributed by atoms with van der Waals surface area (Å²) in [5, 5.41) is 4.77. The van der Waals surface area contributed by atoms with Gasteiger partial charge in [0.25, 0.3) is 5.91 Å². The molecule has 1 atom stereocenters. The first-order valence-corrected chi connectivity index (χ1v) is 8.75. The molecule has 0 aliphatic carbocycles. The zero-order valence-corrected chi connectivity index (χ0v) is 15.6. The van der Waals surface area contributed by atoms with E-state index < -0.39 is 0 Å². The van der Waals surface area contributed by atoms with Gasteiger partial charge in [0.15, 0.2) is 6.61 Å². The SMILES string of the molecule is CC[C@@H](C)c1ccc(OCC(=O)N/N=C/c2ccc(Cl)c(Cl)c2)cc1. The van der Waals surface area contributed by atoms with Crippen LogP contribution in [-0.4, -0.2) is 18.7 Å². The highest BCUT2D eigenvalue weighted by atomic mass is 35.5. The molecule has 1 amide bonds. The van der Waals surface area contributed by atoms with Gasteiger partial charge in [-0.05, 0) is 47.7 Å². The zero-order valence-electron chi connectivity index (χ0n) is 14.1. The van der Waals surface area contributed by atoms with Crippen LogP contribution in [0.15, 0.2) is 47.6 Å². The lowest BCUT2D eigenvalue weighted by Crippen LogP contribution is -2.24. The van der Waals surface area contributed by atoms with Crippen LogP contribution in [0, 0.1) is 0 Å². The van der Waals surface area contributed by atoms with Crippen LogP contribution in [0.1, 0.15) is 37.3 Å². The van der Waals surface area contributed by atoms with Crippen LogP contribution in [0.4, 0.5) is 0 Å². The van der Waals surface area contributed by atoms with E-state index in [-0.39, 0.29) is 12.5 Å². The summed E-state index contributed by atoms with van der Waals surface area (Å²) in [6, 6.07) is 12.8. The lowest BCUT2D eigenvalue weighted by atomic mass is 9.99. The van der Waals surface area contributed by atoms with E-state index >= 15 is 0 Å². The van der Waals surface area contributed by atoms with Gasteiger partial charge in [-0.3, -0.25) is 4.79 Å². The number of benzene rings is 2. The Hall–Kier alpha value is -2.04. The van der Waals surface area contributed by atoms with Crippen molar-refractivity contribution in [3.05, 3.63) is 63.6 Å². The second kappa shape index (κ2) is 9.44. The van der Waals surface area contributed by atoms with E-state index in [1.54, 1.807) is 18.2 Å². The average molecular weight is 379 g/mol. The van der Waals surface area contributed by atoms with Gasteiger partial charge < -0.3 is 4.74 Å². The highest BCUT2D eigenvalue weighted by Gasteiger charge is 2.05. The molecule has 2 aromatic rings.